The Kier molecular flexibility index (Phi) is 4.47. The van der Waals surface area contributed by atoms with Crippen molar-refractivity contribution in [3.8, 4) is 0 Å². The van der Waals surface area contributed by atoms with Crippen LogP contribution in [0.15, 0.2) is 24.3 Å². The van der Waals surface area contributed by atoms with Gasteiger partial charge in [0.15, 0.2) is 0 Å². The topological polar surface area (TPSA) is 29.3 Å². The average Bonchev–Trinajstić information content (AvgIpc) is 2.23. The predicted octanol–water partition coefficient (Wildman–Crippen LogP) is 2.03. The highest BCUT2D eigenvalue weighted by Gasteiger charge is 2.05. The molecule has 0 heterocycles. The second-order valence-electron chi connectivity index (χ2n) is 3.34. The van der Waals surface area contributed by atoms with Gasteiger partial charge in [-0.05, 0) is 38.4 Å². The van der Waals surface area contributed by atoms with Crippen molar-refractivity contribution in [2.24, 2.45) is 5.73 Å². The molecule has 1 aromatic rings. The number of para-hydroxylation sites is 1. The normalized spacial score (nSPS) is 10.2. The zero-order valence-corrected chi connectivity index (χ0v) is 9.16. The van der Waals surface area contributed by atoms with Crippen LogP contribution in [0.2, 0.25) is 0 Å². The quantitative estimate of drug-likeness (QED) is 0.773. The van der Waals surface area contributed by atoms with Crippen LogP contribution in [0, 0.1) is 0 Å². The van der Waals surface area contributed by atoms with Crippen molar-refractivity contribution < 1.29 is 0 Å². The third-order valence-corrected chi connectivity index (χ3v) is 2.51. The van der Waals surface area contributed by atoms with E-state index in [1.807, 2.05) is 0 Å². The number of nitrogens with zero attached hydrogens (tertiary/aromatic N) is 1. The third-order valence-electron chi connectivity index (χ3n) is 2.51. The van der Waals surface area contributed by atoms with Crippen LogP contribution in [0.25, 0.3) is 0 Å². The fourth-order valence-corrected chi connectivity index (χ4v) is 1.75. The van der Waals surface area contributed by atoms with Gasteiger partial charge in [-0.3, -0.25) is 0 Å². The Morgan fingerprint density at radius 3 is 2.36 bits per heavy atom. The van der Waals surface area contributed by atoms with E-state index in [1.54, 1.807) is 0 Å². The molecule has 78 valence electrons. The smallest absolute Gasteiger partial charge is 0.0399 e. The summed E-state index contributed by atoms with van der Waals surface area (Å²) in [5.41, 5.74) is 8.29. The lowest BCUT2D eigenvalue weighted by Gasteiger charge is -2.23. The van der Waals surface area contributed by atoms with E-state index in [4.69, 9.17) is 5.73 Å². The lowest BCUT2D eigenvalue weighted by molar-refractivity contribution is 0.849. The Morgan fingerprint density at radius 1 is 1.14 bits per heavy atom. The number of hydrogen-bond donors (Lipinski definition) is 1. The third kappa shape index (κ3) is 2.48. The maximum absolute atomic E-state index is 5.59. The molecule has 0 aliphatic heterocycles. The molecule has 0 bridgehead atoms. The Hall–Kier alpha value is -1.02. The fourth-order valence-electron chi connectivity index (χ4n) is 1.75. The van der Waals surface area contributed by atoms with E-state index in [0.29, 0.717) is 0 Å². The summed E-state index contributed by atoms with van der Waals surface area (Å²) >= 11 is 0. The molecular formula is C12H20N2. The average molecular weight is 192 g/mol. The van der Waals surface area contributed by atoms with Gasteiger partial charge in [0, 0.05) is 18.8 Å². The Bertz CT molecular complexity index is 267. The summed E-state index contributed by atoms with van der Waals surface area (Å²) in [6.45, 7) is 7.19. The fraction of sp³-hybridized carbons (Fsp3) is 0.500. The van der Waals surface area contributed by atoms with E-state index in [-0.39, 0.29) is 0 Å². The molecule has 2 N–H and O–H groups in total. The molecule has 0 spiro atoms. The van der Waals surface area contributed by atoms with Crippen molar-refractivity contribution in [2.75, 3.05) is 24.5 Å². The Labute approximate surface area is 86.7 Å². The van der Waals surface area contributed by atoms with E-state index in [0.717, 1.165) is 26.1 Å². The second kappa shape index (κ2) is 5.66. The van der Waals surface area contributed by atoms with Gasteiger partial charge in [-0.25, -0.2) is 0 Å². The Balaban J connectivity index is 2.92. The lowest BCUT2D eigenvalue weighted by atomic mass is 10.1. The van der Waals surface area contributed by atoms with Gasteiger partial charge in [-0.1, -0.05) is 18.2 Å². The van der Waals surface area contributed by atoms with E-state index >= 15 is 0 Å². The van der Waals surface area contributed by atoms with Crippen molar-refractivity contribution in [2.45, 2.75) is 20.3 Å². The van der Waals surface area contributed by atoms with Crippen molar-refractivity contribution in [1.29, 1.82) is 0 Å². The van der Waals surface area contributed by atoms with Gasteiger partial charge in [-0.15, -0.1) is 0 Å². The van der Waals surface area contributed by atoms with Crippen LogP contribution >= 0.6 is 0 Å². The summed E-state index contributed by atoms with van der Waals surface area (Å²) in [7, 11) is 0. The standard InChI is InChI=1S/C12H20N2/c1-3-14(4-2)12-8-6-5-7-11(12)9-10-13/h5-8H,3-4,9-10,13H2,1-2H3. The van der Waals surface area contributed by atoms with Crippen LogP contribution in [0.3, 0.4) is 0 Å². The lowest BCUT2D eigenvalue weighted by Crippen LogP contribution is -2.23. The Morgan fingerprint density at radius 2 is 1.79 bits per heavy atom. The number of nitrogens with two attached hydrogens (primary N) is 1. The van der Waals surface area contributed by atoms with E-state index in [2.05, 4.69) is 43.0 Å². The second-order valence-corrected chi connectivity index (χ2v) is 3.34. The van der Waals surface area contributed by atoms with Crippen LogP contribution in [0.1, 0.15) is 19.4 Å². The van der Waals surface area contributed by atoms with Crippen molar-refractivity contribution in [3.63, 3.8) is 0 Å². The molecule has 0 aliphatic rings. The van der Waals surface area contributed by atoms with Crippen LogP contribution in [-0.2, 0) is 6.42 Å². The molecule has 14 heavy (non-hydrogen) atoms. The van der Waals surface area contributed by atoms with Gasteiger partial charge in [0.1, 0.15) is 0 Å². The first-order valence-corrected chi connectivity index (χ1v) is 5.36. The molecule has 0 atom stereocenters. The minimum absolute atomic E-state index is 0.721. The van der Waals surface area contributed by atoms with Gasteiger partial charge in [-0.2, -0.15) is 0 Å². The molecule has 0 unspecified atom stereocenters. The molecule has 1 aromatic carbocycles. The van der Waals surface area contributed by atoms with Gasteiger partial charge in [0.2, 0.25) is 0 Å². The summed E-state index contributed by atoms with van der Waals surface area (Å²) in [4.78, 5) is 2.37. The van der Waals surface area contributed by atoms with Gasteiger partial charge in [0.05, 0.1) is 0 Å². The molecule has 0 saturated carbocycles. The maximum atomic E-state index is 5.59. The molecule has 2 nitrogen and oxygen atoms in total. The highest BCUT2D eigenvalue weighted by Crippen LogP contribution is 2.19. The summed E-state index contributed by atoms with van der Waals surface area (Å²) < 4.78 is 0. The SMILES string of the molecule is CCN(CC)c1ccccc1CCN. The predicted molar refractivity (Wildman–Crippen MR) is 62.8 cm³/mol. The first-order chi connectivity index (χ1) is 6.83. The van der Waals surface area contributed by atoms with Gasteiger partial charge in [0.25, 0.3) is 0 Å². The van der Waals surface area contributed by atoms with Crippen LogP contribution < -0.4 is 10.6 Å². The number of benzene rings is 1. The van der Waals surface area contributed by atoms with Crippen molar-refractivity contribution >= 4 is 5.69 Å². The molecule has 1 rings (SSSR count). The molecule has 0 aromatic heterocycles. The summed E-state index contributed by atoms with van der Waals surface area (Å²) in [6.07, 6.45) is 0.965. The van der Waals surface area contributed by atoms with Crippen molar-refractivity contribution in [3.05, 3.63) is 29.8 Å². The molecule has 0 amide bonds. The molecular weight excluding hydrogens is 172 g/mol. The van der Waals surface area contributed by atoms with Crippen LogP contribution in [-0.4, -0.2) is 19.6 Å². The minimum Gasteiger partial charge on any atom is -0.372 e. The van der Waals surface area contributed by atoms with E-state index < -0.39 is 0 Å². The van der Waals surface area contributed by atoms with E-state index in [9.17, 15) is 0 Å². The van der Waals surface area contributed by atoms with Gasteiger partial charge >= 0.3 is 0 Å². The molecule has 0 saturated heterocycles. The minimum atomic E-state index is 0.721. The number of hydrogen-bond acceptors (Lipinski definition) is 2. The number of rotatable bonds is 5. The largest absolute Gasteiger partial charge is 0.372 e. The maximum Gasteiger partial charge on any atom is 0.0399 e. The highest BCUT2D eigenvalue weighted by atomic mass is 15.1. The van der Waals surface area contributed by atoms with Crippen molar-refractivity contribution in [1.82, 2.24) is 0 Å². The zero-order chi connectivity index (χ0) is 10.4. The van der Waals surface area contributed by atoms with E-state index in [1.165, 1.54) is 11.3 Å². The highest BCUT2D eigenvalue weighted by molar-refractivity contribution is 5.53. The molecule has 0 aliphatic carbocycles. The molecule has 0 radical (unpaired) electrons. The number of anilines is 1. The summed E-state index contributed by atoms with van der Waals surface area (Å²) in [6, 6.07) is 8.52. The first-order valence-electron chi connectivity index (χ1n) is 5.36. The monoisotopic (exact) mass is 192 g/mol. The zero-order valence-electron chi connectivity index (χ0n) is 9.16. The van der Waals surface area contributed by atoms with Crippen LogP contribution in [0.4, 0.5) is 5.69 Å². The van der Waals surface area contributed by atoms with Gasteiger partial charge < -0.3 is 10.6 Å². The molecule has 2 heteroatoms. The summed E-state index contributed by atoms with van der Waals surface area (Å²) in [5.74, 6) is 0. The first kappa shape index (κ1) is 11.1. The summed E-state index contributed by atoms with van der Waals surface area (Å²) in [5, 5.41) is 0. The van der Waals surface area contributed by atoms with Crippen LogP contribution in [0.5, 0.6) is 0 Å². The molecule has 0 fully saturated rings.